The number of aromatic nitrogens is 2. The molecule has 1 aliphatic heterocycles. The molecule has 24 heavy (non-hydrogen) atoms. The Bertz CT molecular complexity index is 692. The number of ether oxygens (including phenoxy) is 1. The van der Waals surface area contributed by atoms with Crippen LogP contribution in [0.15, 0.2) is 28.8 Å². The molecule has 6 heteroatoms. The van der Waals surface area contributed by atoms with E-state index in [1.54, 1.807) is 6.92 Å². The minimum Gasteiger partial charge on any atom is -0.381 e. The molecule has 1 aromatic carbocycles. The quantitative estimate of drug-likeness (QED) is 0.912. The monoisotopic (exact) mass is 329 g/mol. The predicted octanol–water partition coefficient (Wildman–Crippen LogP) is 2.51. The van der Waals surface area contributed by atoms with Crippen LogP contribution in [-0.4, -0.2) is 29.3 Å². The fourth-order valence-electron chi connectivity index (χ4n) is 3.08. The second kappa shape index (κ2) is 7.57. The number of nitrogens with one attached hydrogen (secondary N) is 1. The normalized spacial score (nSPS) is 16.8. The first-order valence-corrected chi connectivity index (χ1v) is 8.35. The molecule has 2 heterocycles. The number of carbonyl (C=O) groups is 1. The molecule has 1 saturated heterocycles. The van der Waals surface area contributed by atoms with Crippen LogP contribution >= 0.6 is 0 Å². The average molecular weight is 329 g/mol. The molecule has 128 valence electrons. The van der Waals surface area contributed by atoms with Gasteiger partial charge in [0.1, 0.15) is 6.04 Å². The lowest BCUT2D eigenvalue weighted by molar-refractivity contribution is -0.122. The van der Waals surface area contributed by atoms with Crippen molar-refractivity contribution in [3.63, 3.8) is 0 Å². The number of hydrogen-bond donors (Lipinski definition) is 1. The van der Waals surface area contributed by atoms with Crippen LogP contribution in [0, 0.1) is 19.8 Å². The molecule has 1 atom stereocenters. The highest BCUT2D eigenvalue weighted by molar-refractivity contribution is 5.79. The predicted molar refractivity (Wildman–Crippen MR) is 88.3 cm³/mol. The summed E-state index contributed by atoms with van der Waals surface area (Å²) in [5.41, 5.74) is 2.14. The van der Waals surface area contributed by atoms with E-state index in [0.717, 1.165) is 24.0 Å². The first-order chi connectivity index (χ1) is 11.6. The second-order valence-electron chi connectivity index (χ2n) is 6.28. The molecule has 1 amide bonds. The highest BCUT2D eigenvalue weighted by atomic mass is 16.5. The molecule has 0 aliphatic carbocycles. The zero-order valence-electron chi connectivity index (χ0n) is 14.1. The van der Waals surface area contributed by atoms with Gasteiger partial charge in [0.2, 0.25) is 11.8 Å². The van der Waals surface area contributed by atoms with E-state index in [4.69, 9.17) is 9.26 Å². The first-order valence-electron chi connectivity index (χ1n) is 8.35. The van der Waals surface area contributed by atoms with E-state index in [9.17, 15) is 4.79 Å². The highest BCUT2D eigenvalue weighted by Crippen LogP contribution is 2.29. The van der Waals surface area contributed by atoms with Gasteiger partial charge in [-0.3, -0.25) is 4.79 Å². The molecule has 0 spiro atoms. The number of aryl methyl sites for hydroxylation is 2. The number of carbonyl (C=O) groups excluding carboxylic acids is 1. The number of nitrogens with zero attached hydrogens (tertiary/aromatic N) is 2. The summed E-state index contributed by atoms with van der Waals surface area (Å²) >= 11 is 0. The number of hydrogen-bond acceptors (Lipinski definition) is 5. The van der Waals surface area contributed by atoms with Gasteiger partial charge in [0.25, 0.3) is 0 Å². The SMILES string of the molecule is Cc1noc([C@H](NC(=O)Cc2ccccc2C)C2CCOCC2)n1. The molecule has 0 unspecified atom stereocenters. The van der Waals surface area contributed by atoms with Crippen LogP contribution in [0.25, 0.3) is 0 Å². The summed E-state index contributed by atoms with van der Waals surface area (Å²) in [6.07, 6.45) is 2.09. The Morgan fingerprint density at radius 1 is 1.29 bits per heavy atom. The fourth-order valence-corrected chi connectivity index (χ4v) is 3.08. The van der Waals surface area contributed by atoms with Crippen LogP contribution < -0.4 is 5.32 Å². The molecule has 0 bridgehead atoms. The van der Waals surface area contributed by atoms with Crippen molar-refractivity contribution in [2.75, 3.05) is 13.2 Å². The number of benzene rings is 1. The standard InChI is InChI=1S/C18H23N3O3/c1-12-5-3-4-6-15(12)11-16(22)20-17(14-7-9-23-10-8-14)18-19-13(2)21-24-18/h3-6,14,17H,7-11H2,1-2H3,(H,20,22)/t17-/m1/s1. The Morgan fingerprint density at radius 3 is 2.71 bits per heavy atom. The zero-order chi connectivity index (χ0) is 16.9. The van der Waals surface area contributed by atoms with Crippen molar-refractivity contribution >= 4 is 5.91 Å². The third-order valence-electron chi connectivity index (χ3n) is 4.48. The van der Waals surface area contributed by atoms with Crippen molar-refractivity contribution in [1.29, 1.82) is 0 Å². The highest BCUT2D eigenvalue weighted by Gasteiger charge is 2.31. The summed E-state index contributed by atoms with van der Waals surface area (Å²) < 4.78 is 10.8. The van der Waals surface area contributed by atoms with Gasteiger partial charge in [0.05, 0.1) is 6.42 Å². The molecule has 6 nitrogen and oxygen atoms in total. The maximum Gasteiger partial charge on any atom is 0.249 e. The van der Waals surface area contributed by atoms with Gasteiger partial charge in [-0.25, -0.2) is 0 Å². The van der Waals surface area contributed by atoms with E-state index >= 15 is 0 Å². The molecule has 0 radical (unpaired) electrons. The van der Waals surface area contributed by atoms with E-state index in [1.807, 2.05) is 31.2 Å². The minimum absolute atomic E-state index is 0.0309. The third-order valence-corrected chi connectivity index (χ3v) is 4.48. The van der Waals surface area contributed by atoms with Crippen molar-refractivity contribution in [3.05, 3.63) is 47.1 Å². The van der Waals surface area contributed by atoms with Gasteiger partial charge >= 0.3 is 0 Å². The number of rotatable bonds is 5. The topological polar surface area (TPSA) is 77.2 Å². The van der Waals surface area contributed by atoms with Crippen molar-refractivity contribution in [2.24, 2.45) is 5.92 Å². The largest absolute Gasteiger partial charge is 0.381 e. The molecule has 1 fully saturated rings. The van der Waals surface area contributed by atoms with E-state index in [-0.39, 0.29) is 17.9 Å². The van der Waals surface area contributed by atoms with Crippen LogP contribution in [-0.2, 0) is 16.0 Å². The Kier molecular flexibility index (Phi) is 5.25. The molecule has 2 aromatic rings. The Labute approximate surface area is 141 Å². The molecule has 1 N–H and O–H groups in total. The smallest absolute Gasteiger partial charge is 0.249 e. The maximum absolute atomic E-state index is 12.6. The van der Waals surface area contributed by atoms with Crippen LogP contribution in [0.4, 0.5) is 0 Å². The lowest BCUT2D eigenvalue weighted by Gasteiger charge is -2.28. The van der Waals surface area contributed by atoms with Gasteiger partial charge in [-0.15, -0.1) is 0 Å². The van der Waals surface area contributed by atoms with Gasteiger partial charge in [0.15, 0.2) is 5.82 Å². The van der Waals surface area contributed by atoms with Crippen molar-refractivity contribution in [1.82, 2.24) is 15.5 Å². The van der Waals surface area contributed by atoms with Gasteiger partial charge in [-0.2, -0.15) is 4.98 Å². The summed E-state index contributed by atoms with van der Waals surface area (Å²) in [4.78, 5) is 16.9. The van der Waals surface area contributed by atoms with Crippen LogP contribution in [0.3, 0.4) is 0 Å². The van der Waals surface area contributed by atoms with Gasteiger partial charge in [-0.1, -0.05) is 29.4 Å². The van der Waals surface area contributed by atoms with Crippen molar-refractivity contribution < 1.29 is 14.1 Å². The van der Waals surface area contributed by atoms with Gasteiger partial charge in [0, 0.05) is 13.2 Å². The summed E-state index contributed by atoms with van der Waals surface area (Å²) in [5, 5.41) is 6.97. The van der Waals surface area contributed by atoms with E-state index in [2.05, 4.69) is 15.5 Å². The van der Waals surface area contributed by atoms with E-state index in [1.165, 1.54) is 0 Å². The molecular weight excluding hydrogens is 306 g/mol. The Hall–Kier alpha value is -2.21. The van der Waals surface area contributed by atoms with Gasteiger partial charge < -0.3 is 14.6 Å². The second-order valence-corrected chi connectivity index (χ2v) is 6.28. The maximum atomic E-state index is 12.6. The lowest BCUT2D eigenvalue weighted by Crippen LogP contribution is -2.37. The Morgan fingerprint density at radius 2 is 2.04 bits per heavy atom. The minimum atomic E-state index is -0.258. The van der Waals surface area contributed by atoms with E-state index in [0.29, 0.717) is 31.3 Å². The first kappa shape index (κ1) is 16.6. The Balaban J connectivity index is 1.73. The summed E-state index contributed by atoms with van der Waals surface area (Å²) in [6, 6.07) is 7.66. The van der Waals surface area contributed by atoms with E-state index < -0.39 is 0 Å². The van der Waals surface area contributed by atoms with Gasteiger partial charge in [-0.05, 0) is 43.7 Å². The van der Waals surface area contributed by atoms with Crippen LogP contribution in [0.1, 0.15) is 41.7 Å². The summed E-state index contributed by atoms with van der Waals surface area (Å²) in [5.74, 6) is 1.28. The lowest BCUT2D eigenvalue weighted by atomic mass is 9.91. The molecule has 3 rings (SSSR count). The molecule has 1 aromatic heterocycles. The molecular formula is C18H23N3O3. The third kappa shape index (κ3) is 4.00. The molecule has 0 saturated carbocycles. The number of amides is 1. The van der Waals surface area contributed by atoms with Crippen LogP contribution in [0.2, 0.25) is 0 Å². The van der Waals surface area contributed by atoms with Crippen molar-refractivity contribution in [3.8, 4) is 0 Å². The van der Waals surface area contributed by atoms with Crippen molar-refractivity contribution in [2.45, 2.75) is 39.2 Å². The average Bonchev–Trinajstić information content (AvgIpc) is 3.02. The van der Waals surface area contributed by atoms with Crippen LogP contribution in [0.5, 0.6) is 0 Å². The summed E-state index contributed by atoms with van der Waals surface area (Å²) in [7, 11) is 0. The zero-order valence-corrected chi connectivity index (χ0v) is 14.1. The summed E-state index contributed by atoms with van der Waals surface area (Å²) in [6.45, 7) is 5.19. The fraction of sp³-hybridized carbons (Fsp3) is 0.500. The molecule has 1 aliphatic rings.